The third-order valence-electron chi connectivity index (χ3n) is 3.69. The van der Waals surface area contributed by atoms with Crippen molar-refractivity contribution in [3.63, 3.8) is 0 Å². The molecule has 1 fully saturated rings. The van der Waals surface area contributed by atoms with E-state index in [2.05, 4.69) is 6.07 Å². The van der Waals surface area contributed by atoms with Crippen LogP contribution < -0.4 is 0 Å². The first-order chi connectivity index (χ1) is 7.41. The summed E-state index contributed by atoms with van der Waals surface area (Å²) < 4.78 is 28.7. The largest absolute Gasteiger partial charge is 0.383 e. The van der Waals surface area contributed by atoms with Gasteiger partial charge in [-0.1, -0.05) is 13.8 Å². The molecule has 3 atom stereocenters. The molecule has 1 saturated carbocycles. The highest BCUT2D eigenvalue weighted by Gasteiger charge is 2.49. The minimum atomic E-state index is -3.04. The van der Waals surface area contributed by atoms with Crippen molar-refractivity contribution < 1.29 is 13.2 Å². The number of methoxy groups -OCH3 is 1. The smallest absolute Gasteiger partial charge is 0.152 e. The third-order valence-corrected chi connectivity index (χ3v) is 5.87. The van der Waals surface area contributed by atoms with Gasteiger partial charge in [0.05, 0.1) is 23.3 Å². The van der Waals surface area contributed by atoms with E-state index in [9.17, 15) is 13.7 Å². The highest BCUT2D eigenvalue weighted by Crippen LogP contribution is 2.45. The van der Waals surface area contributed by atoms with Gasteiger partial charge in [-0.2, -0.15) is 5.26 Å². The zero-order valence-corrected chi connectivity index (χ0v) is 10.9. The molecule has 0 bridgehead atoms. The maximum Gasteiger partial charge on any atom is 0.152 e. The molecule has 5 heteroatoms. The van der Waals surface area contributed by atoms with Gasteiger partial charge in [0.2, 0.25) is 0 Å². The lowest BCUT2D eigenvalue weighted by Crippen LogP contribution is -2.28. The highest BCUT2D eigenvalue weighted by molar-refractivity contribution is 7.92. The molecule has 0 aromatic rings. The Morgan fingerprint density at radius 2 is 2.19 bits per heavy atom. The monoisotopic (exact) mass is 245 g/mol. The first-order valence-electron chi connectivity index (χ1n) is 5.53. The van der Waals surface area contributed by atoms with Crippen molar-refractivity contribution in [3.8, 4) is 6.07 Å². The second kappa shape index (κ2) is 4.72. The van der Waals surface area contributed by atoms with E-state index in [1.54, 1.807) is 14.0 Å². The van der Waals surface area contributed by atoms with Crippen LogP contribution in [0.5, 0.6) is 0 Å². The van der Waals surface area contributed by atoms with Crippen molar-refractivity contribution in [1.82, 2.24) is 0 Å². The Morgan fingerprint density at radius 3 is 2.62 bits per heavy atom. The molecule has 16 heavy (non-hydrogen) atoms. The lowest BCUT2D eigenvalue weighted by molar-refractivity contribution is 0.0951. The van der Waals surface area contributed by atoms with Gasteiger partial charge < -0.3 is 4.74 Å². The van der Waals surface area contributed by atoms with Crippen LogP contribution in [0.1, 0.15) is 26.7 Å². The predicted octanol–water partition coefficient (Wildman–Crippen LogP) is 1.38. The van der Waals surface area contributed by atoms with Crippen molar-refractivity contribution in [2.45, 2.75) is 31.9 Å². The van der Waals surface area contributed by atoms with E-state index in [1.807, 2.05) is 6.92 Å². The Morgan fingerprint density at radius 1 is 1.56 bits per heavy atom. The van der Waals surface area contributed by atoms with Gasteiger partial charge in [-0.3, -0.25) is 0 Å². The molecule has 1 aliphatic rings. The van der Waals surface area contributed by atoms with Gasteiger partial charge in [0.15, 0.2) is 9.84 Å². The summed E-state index contributed by atoms with van der Waals surface area (Å²) in [5.41, 5.74) is -0.623. The van der Waals surface area contributed by atoms with E-state index >= 15 is 0 Å². The second-order valence-electron chi connectivity index (χ2n) is 4.62. The van der Waals surface area contributed by atoms with Gasteiger partial charge in [-0.25, -0.2) is 8.42 Å². The van der Waals surface area contributed by atoms with Crippen LogP contribution in [-0.4, -0.2) is 33.1 Å². The fourth-order valence-electron chi connectivity index (χ4n) is 2.47. The highest BCUT2D eigenvalue weighted by atomic mass is 32.2. The van der Waals surface area contributed by atoms with Crippen molar-refractivity contribution in [2.24, 2.45) is 11.3 Å². The number of nitriles is 1. The van der Waals surface area contributed by atoms with Gasteiger partial charge in [-0.05, 0) is 18.8 Å². The fourth-order valence-corrected chi connectivity index (χ4v) is 4.07. The standard InChI is InChI=1S/C11H19NO3S/c1-4-16(13,14)10-5-9(2)11(6-10,7-12)8-15-3/h9-10H,4-6,8H2,1-3H3/t9-,10+,11-/m0/s1. The molecule has 0 unspecified atom stereocenters. The Balaban J connectivity index is 2.93. The molecule has 0 heterocycles. The first-order valence-corrected chi connectivity index (χ1v) is 7.25. The average molecular weight is 245 g/mol. The summed E-state index contributed by atoms with van der Waals surface area (Å²) in [6.07, 6.45) is 0.988. The Bertz CT molecular complexity index is 385. The van der Waals surface area contributed by atoms with Crippen LogP contribution in [0, 0.1) is 22.7 Å². The summed E-state index contributed by atoms with van der Waals surface area (Å²) in [6.45, 7) is 3.91. The maximum atomic E-state index is 11.8. The summed E-state index contributed by atoms with van der Waals surface area (Å²) in [6, 6.07) is 2.26. The topological polar surface area (TPSA) is 67.2 Å². The minimum Gasteiger partial charge on any atom is -0.383 e. The van der Waals surface area contributed by atoms with Crippen molar-refractivity contribution in [3.05, 3.63) is 0 Å². The zero-order chi connectivity index (χ0) is 12.4. The number of nitrogens with zero attached hydrogens (tertiary/aromatic N) is 1. The third kappa shape index (κ3) is 2.23. The van der Waals surface area contributed by atoms with Gasteiger partial charge >= 0.3 is 0 Å². The van der Waals surface area contributed by atoms with Crippen LogP contribution in [-0.2, 0) is 14.6 Å². The van der Waals surface area contributed by atoms with Crippen molar-refractivity contribution >= 4 is 9.84 Å². The van der Waals surface area contributed by atoms with Gasteiger partial charge in [0.1, 0.15) is 0 Å². The predicted molar refractivity (Wildman–Crippen MR) is 61.6 cm³/mol. The Hall–Kier alpha value is -0.600. The molecule has 0 spiro atoms. The van der Waals surface area contributed by atoms with Gasteiger partial charge in [0.25, 0.3) is 0 Å². The molecule has 1 aliphatic carbocycles. The van der Waals surface area contributed by atoms with Crippen molar-refractivity contribution in [2.75, 3.05) is 19.5 Å². The van der Waals surface area contributed by atoms with E-state index in [0.717, 1.165) is 0 Å². The van der Waals surface area contributed by atoms with Crippen LogP contribution in [0.25, 0.3) is 0 Å². The minimum absolute atomic E-state index is 0.0729. The van der Waals surface area contributed by atoms with Gasteiger partial charge in [-0.15, -0.1) is 0 Å². The molecule has 0 amide bonds. The Labute approximate surface area is 97.5 Å². The zero-order valence-electron chi connectivity index (χ0n) is 10.1. The van der Waals surface area contributed by atoms with Crippen LogP contribution in [0.2, 0.25) is 0 Å². The van der Waals surface area contributed by atoms with E-state index in [4.69, 9.17) is 4.74 Å². The number of hydrogen-bond acceptors (Lipinski definition) is 4. The van der Waals surface area contributed by atoms with Crippen molar-refractivity contribution in [1.29, 1.82) is 5.26 Å². The van der Waals surface area contributed by atoms with Gasteiger partial charge in [0, 0.05) is 12.9 Å². The number of sulfone groups is 1. The lowest BCUT2D eigenvalue weighted by Gasteiger charge is -2.24. The van der Waals surface area contributed by atoms with E-state index in [-0.39, 0.29) is 16.9 Å². The SMILES string of the molecule is CCS(=O)(=O)[C@@H]1C[C@H](C)[C@@](C#N)(COC)C1. The number of ether oxygens (including phenoxy) is 1. The summed E-state index contributed by atoms with van der Waals surface area (Å²) in [5.74, 6) is 0.225. The molecule has 4 nitrogen and oxygen atoms in total. The summed E-state index contributed by atoms with van der Waals surface area (Å²) in [7, 11) is -1.49. The molecule has 1 rings (SSSR count). The van der Waals surface area contributed by atoms with E-state index < -0.39 is 15.3 Å². The van der Waals surface area contributed by atoms with Crippen LogP contribution >= 0.6 is 0 Å². The van der Waals surface area contributed by atoms with E-state index in [1.165, 1.54) is 0 Å². The van der Waals surface area contributed by atoms with Crippen LogP contribution in [0.15, 0.2) is 0 Å². The summed E-state index contributed by atoms with van der Waals surface area (Å²) >= 11 is 0. The molecule has 0 aromatic carbocycles. The Kier molecular flexibility index (Phi) is 3.97. The molecule has 0 aliphatic heterocycles. The summed E-state index contributed by atoms with van der Waals surface area (Å²) in [4.78, 5) is 0. The number of rotatable bonds is 4. The molecular weight excluding hydrogens is 226 g/mol. The molecule has 0 aromatic heterocycles. The first kappa shape index (κ1) is 13.5. The summed E-state index contributed by atoms with van der Waals surface area (Å²) in [5, 5.41) is 8.88. The molecule has 0 radical (unpaired) electrons. The molecule has 0 saturated heterocycles. The van der Waals surface area contributed by atoms with Crippen LogP contribution in [0.3, 0.4) is 0 Å². The normalized spacial score (nSPS) is 34.9. The maximum absolute atomic E-state index is 11.8. The molecule has 92 valence electrons. The second-order valence-corrected chi connectivity index (χ2v) is 7.19. The molecular formula is C11H19NO3S. The fraction of sp³-hybridized carbons (Fsp3) is 0.909. The number of hydrogen-bond donors (Lipinski definition) is 0. The lowest BCUT2D eigenvalue weighted by atomic mass is 9.81. The average Bonchev–Trinajstić information content (AvgIpc) is 2.58. The van der Waals surface area contributed by atoms with Crippen LogP contribution in [0.4, 0.5) is 0 Å². The molecule has 0 N–H and O–H groups in total. The quantitative estimate of drug-likeness (QED) is 0.750. The van der Waals surface area contributed by atoms with E-state index in [0.29, 0.717) is 19.4 Å².